The summed E-state index contributed by atoms with van der Waals surface area (Å²) in [7, 11) is 0. The molecule has 0 spiro atoms. The van der Waals surface area contributed by atoms with Crippen LogP contribution in [0.3, 0.4) is 0 Å². The molecule has 0 radical (unpaired) electrons. The Morgan fingerprint density at radius 2 is 1.70 bits per heavy atom. The second-order valence-electron chi connectivity index (χ2n) is 5.60. The molecule has 0 amide bonds. The molecule has 0 aliphatic heterocycles. The quantitative estimate of drug-likeness (QED) is 0.793. The first kappa shape index (κ1) is 16.2. The third-order valence-electron chi connectivity index (χ3n) is 2.68. The van der Waals surface area contributed by atoms with Crippen molar-refractivity contribution in [1.29, 1.82) is 0 Å². The number of carbonyl (C=O) groups excluding carboxylic acids is 2. The molecule has 0 unspecified atom stereocenters. The fraction of sp³-hybridized carbons (Fsp3) is 0.500. The molecule has 0 bridgehead atoms. The van der Waals surface area contributed by atoms with Crippen LogP contribution in [0.15, 0.2) is 24.3 Å². The summed E-state index contributed by atoms with van der Waals surface area (Å²) in [4.78, 5) is 23.5. The lowest BCUT2D eigenvalue weighted by atomic mass is 9.99. The summed E-state index contributed by atoms with van der Waals surface area (Å²) in [6, 6.07) is 6.82. The average molecular weight is 278 g/mol. The maximum atomic E-state index is 12.0. The molecule has 20 heavy (non-hydrogen) atoms. The summed E-state index contributed by atoms with van der Waals surface area (Å²) in [5, 5.41) is 0. The fourth-order valence-corrected chi connectivity index (χ4v) is 1.65. The molecular formula is C16H22O4. The molecule has 0 saturated carbocycles. The van der Waals surface area contributed by atoms with Crippen LogP contribution in [0.25, 0.3) is 0 Å². The van der Waals surface area contributed by atoms with Gasteiger partial charge < -0.3 is 9.47 Å². The maximum absolute atomic E-state index is 12.0. The van der Waals surface area contributed by atoms with Crippen LogP contribution in [0.1, 0.15) is 56.5 Å². The van der Waals surface area contributed by atoms with E-state index in [1.165, 1.54) is 0 Å². The Labute approximate surface area is 120 Å². The minimum atomic E-state index is -0.504. The number of ether oxygens (including phenoxy) is 2. The number of rotatable bonds is 4. The van der Waals surface area contributed by atoms with E-state index in [0.29, 0.717) is 12.2 Å². The van der Waals surface area contributed by atoms with Gasteiger partial charge in [-0.2, -0.15) is 0 Å². The van der Waals surface area contributed by atoms with Crippen molar-refractivity contribution in [3.8, 4) is 0 Å². The molecule has 0 fully saturated rings. The standard InChI is InChI=1S/C16H22O4/c1-6-19-15(18)13-9-7-12(8-10-13)11(2)14(17)20-16(3,4)5/h7-11H,6H2,1-5H3/t11-/m1/s1. The van der Waals surface area contributed by atoms with Gasteiger partial charge in [0.1, 0.15) is 5.60 Å². The molecule has 1 aromatic carbocycles. The maximum Gasteiger partial charge on any atom is 0.338 e. The Morgan fingerprint density at radius 1 is 1.15 bits per heavy atom. The Bertz CT molecular complexity index is 468. The van der Waals surface area contributed by atoms with E-state index in [1.807, 2.05) is 20.8 Å². The van der Waals surface area contributed by atoms with Gasteiger partial charge in [0.15, 0.2) is 0 Å². The Balaban J connectivity index is 2.78. The number of benzene rings is 1. The number of carbonyl (C=O) groups is 2. The smallest absolute Gasteiger partial charge is 0.338 e. The lowest BCUT2D eigenvalue weighted by Crippen LogP contribution is -2.26. The van der Waals surface area contributed by atoms with Crippen molar-refractivity contribution >= 4 is 11.9 Å². The normalized spacial score (nSPS) is 12.7. The molecule has 0 heterocycles. The van der Waals surface area contributed by atoms with Crippen LogP contribution >= 0.6 is 0 Å². The van der Waals surface area contributed by atoms with Gasteiger partial charge in [-0.25, -0.2) is 4.79 Å². The van der Waals surface area contributed by atoms with Gasteiger partial charge in [0.25, 0.3) is 0 Å². The van der Waals surface area contributed by atoms with E-state index in [-0.39, 0.29) is 17.9 Å². The SMILES string of the molecule is CCOC(=O)c1ccc([C@@H](C)C(=O)OC(C)(C)C)cc1. The van der Waals surface area contributed by atoms with E-state index in [0.717, 1.165) is 5.56 Å². The van der Waals surface area contributed by atoms with Crippen LogP contribution in [0, 0.1) is 0 Å². The lowest BCUT2D eigenvalue weighted by molar-refractivity contribution is -0.156. The summed E-state index contributed by atoms with van der Waals surface area (Å²) in [5.41, 5.74) is 0.787. The molecule has 0 aromatic heterocycles. The molecule has 0 saturated heterocycles. The average Bonchev–Trinajstić information content (AvgIpc) is 2.36. The predicted molar refractivity (Wildman–Crippen MR) is 76.7 cm³/mol. The summed E-state index contributed by atoms with van der Waals surface area (Å²) >= 11 is 0. The van der Waals surface area contributed by atoms with E-state index >= 15 is 0 Å². The summed E-state index contributed by atoms with van der Waals surface area (Å²) in [5.74, 6) is -1.00. The molecule has 1 rings (SSSR count). The van der Waals surface area contributed by atoms with Gasteiger partial charge in [-0.3, -0.25) is 4.79 Å². The molecule has 4 heteroatoms. The van der Waals surface area contributed by atoms with Gasteiger partial charge in [0, 0.05) is 0 Å². The topological polar surface area (TPSA) is 52.6 Å². The van der Waals surface area contributed by atoms with Crippen molar-refractivity contribution in [3.63, 3.8) is 0 Å². The predicted octanol–water partition coefficient (Wildman–Crippen LogP) is 3.31. The Hall–Kier alpha value is -1.84. The summed E-state index contributed by atoms with van der Waals surface area (Å²) in [6.45, 7) is 9.39. The van der Waals surface area contributed by atoms with E-state index in [9.17, 15) is 9.59 Å². The van der Waals surface area contributed by atoms with E-state index in [4.69, 9.17) is 9.47 Å². The highest BCUT2D eigenvalue weighted by Gasteiger charge is 2.23. The van der Waals surface area contributed by atoms with E-state index < -0.39 is 5.60 Å². The van der Waals surface area contributed by atoms with Crippen LogP contribution in [-0.4, -0.2) is 24.1 Å². The summed E-state index contributed by atoms with van der Waals surface area (Å²) < 4.78 is 10.3. The molecule has 0 aliphatic carbocycles. The zero-order valence-electron chi connectivity index (χ0n) is 12.7. The second kappa shape index (κ2) is 6.55. The van der Waals surface area contributed by atoms with Crippen LogP contribution in [-0.2, 0) is 14.3 Å². The lowest BCUT2D eigenvalue weighted by Gasteiger charge is -2.22. The first-order valence-electron chi connectivity index (χ1n) is 6.74. The van der Waals surface area contributed by atoms with Gasteiger partial charge in [-0.05, 0) is 52.3 Å². The Kier molecular flexibility index (Phi) is 5.31. The van der Waals surface area contributed by atoms with Crippen LogP contribution in [0.4, 0.5) is 0 Å². The van der Waals surface area contributed by atoms with Crippen molar-refractivity contribution in [3.05, 3.63) is 35.4 Å². The summed E-state index contributed by atoms with van der Waals surface area (Å²) in [6.07, 6.45) is 0. The molecule has 0 N–H and O–H groups in total. The zero-order chi connectivity index (χ0) is 15.3. The van der Waals surface area contributed by atoms with Gasteiger partial charge in [0.05, 0.1) is 18.1 Å². The highest BCUT2D eigenvalue weighted by molar-refractivity contribution is 5.89. The fourth-order valence-electron chi connectivity index (χ4n) is 1.65. The molecule has 1 aromatic rings. The van der Waals surface area contributed by atoms with E-state index in [2.05, 4.69) is 0 Å². The largest absolute Gasteiger partial charge is 0.462 e. The van der Waals surface area contributed by atoms with Crippen LogP contribution < -0.4 is 0 Å². The molecular weight excluding hydrogens is 256 g/mol. The number of hydrogen-bond donors (Lipinski definition) is 0. The van der Waals surface area contributed by atoms with Crippen molar-refractivity contribution in [2.24, 2.45) is 0 Å². The third-order valence-corrected chi connectivity index (χ3v) is 2.68. The van der Waals surface area contributed by atoms with Crippen molar-refractivity contribution in [1.82, 2.24) is 0 Å². The zero-order valence-corrected chi connectivity index (χ0v) is 12.7. The van der Waals surface area contributed by atoms with Crippen LogP contribution in [0.5, 0.6) is 0 Å². The highest BCUT2D eigenvalue weighted by atomic mass is 16.6. The Morgan fingerprint density at radius 3 is 2.15 bits per heavy atom. The molecule has 0 aliphatic rings. The van der Waals surface area contributed by atoms with Crippen LogP contribution in [0.2, 0.25) is 0 Å². The minimum absolute atomic E-state index is 0.276. The first-order valence-corrected chi connectivity index (χ1v) is 6.74. The number of esters is 2. The highest BCUT2D eigenvalue weighted by Crippen LogP contribution is 2.21. The van der Waals surface area contributed by atoms with Gasteiger partial charge in [-0.1, -0.05) is 12.1 Å². The van der Waals surface area contributed by atoms with Crippen molar-refractivity contribution in [2.75, 3.05) is 6.61 Å². The third kappa shape index (κ3) is 4.68. The first-order chi connectivity index (χ1) is 9.24. The number of hydrogen-bond acceptors (Lipinski definition) is 4. The van der Waals surface area contributed by atoms with Crippen molar-refractivity contribution in [2.45, 2.75) is 46.1 Å². The second-order valence-corrected chi connectivity index (χ2v) is 5.60. The van der Waals surface area contributed by atoms with Gasteiger partial charge >= 0.3 is 11.9 Å². The van der Waals surface area contributed by atoms with Gasteiger partial charge in [-0.15, -0.1) is 0 Å². The van der Waals surface area contributed by atoms with Crippen molar-refractivity contribution < 1.29 is 19.1 Å². The molecule has 1 atom stereocenters. The molecule has 4 nitrogen and oxygen atoms in total. The monoisotopic (exact) mass is 278 g/mol. The minimum Gasteiger partial charge on any atom is -0.462 e. The molecule has 110 valence electrons. The van der Waals surface area contributed by atoms with E-state index in [1.54, 1.807) is 38.1 Å². The van der Waals surface area contributed by atoms with Gasteiger partial charge in [0.2, 0.25) is 0 Å².